The zero-order chi connectivity index (χ0) is 12.5. The Balaban J connectivity index is 1.86. The van der Waals surface area contributed by atoms with Crippen LogP contribution in [-0.4, -0.2) is 15.6 Å². The summed E-state index contributed by atoms with van der Waals surface area (Å²) in [5.41, 5.74) is 2.54. The molecule has 1 fully saturated rings. The molecule has 1 saturated carbocycles. The molecule has 0 saturated heterocycles. The number of imidazole rings is 1. The van der Waals surface area contributed by atoms with Gasteiger partial charge in [0.05, 0.1) is 0 Å². The van der Waals surface area contributed by atoms with Gasteiger partial charge in [0.2, 0.25) is 5.95 Å². The van der Waals surface area contributed by atoms with Gasteiger partial charge in [0, 0.05) is 24.1 Å². The Morgan fingerprint density at radius 2 is 1.94 bits per heavy atom. The predicted molar refractivity (Wildman–Crippen MR) is 74.3 cm³/mol. The van der Waals surface area contributed by atoms with E-state index in [1.54, 1.807) is 0 Å². The molecule has 1 aliphatic rings. The van der Waals surface area contributed by atoms with Crippen molar-refractivity contribution in [1.82, 2.24) is 9.55 Å². The molecule has 0 radical (unpaired) electrons. The van der Waals surface area contributed by atoms with Crippen LogP contribution in [0.15, 0.2) is 36.7 Å². The van der Waals surface area contributed by atoms with Gasteiger partial charge in [0.25, 0.3) is 0 Å². The highest BCUT2D eigenvalue weighted by Gasteiger charge is 2.22. The van der Waals surface area contributed by atoms with E-state index in [0.717, 1.165) is 5.95 Å². The summed E-state index contributed by atoms with van der Waals surface area (Å²) in [7, 11) is 0. The molecule has 94 valence electrons. The fourth-order valence-electron chi connectivity index (χ4n) is 2.05. The third kappa shape index (κ3) is 2.26. The Kier molecular flexibility index (Phi) is 2.82. The number of hydrogen-bond acceptors (Lipinski definition) is 2. The van der Waals surface area contributed by atoms with Crippen molar-refractivity contribution in [1.29, 1.82) is 0 Å². The van der Waals surface area contributed by atoms with E-state index in [0.29, 0.717) is 12.0 Å². The minimum atomic E-state index is 0.575. The zero-order valence-electron chi connectivity index (χ0n) is 10.9. The Hall–Kier alpha value is -1.77. The van der Waals surface area contributed by atoms with E-state index in [9.17, 15) is 0 Å². The van der Waals surface area contributed by atoms with Crippen molar-refractivity contribution in [2.75, 3.05) is 5.32 Å². The van der Waals surface area contributed by atoms with Crippen molar-refractivity contribution in [3.63, 3.8) is 0 Å². The van der Waals surface area contributed by atoms with Gasteiger partial charge in [-0.3, -0.25) is 4.57 Å². The molecule has 2 aromatic rings. The van der Waals surface area contributed by atoms with E-state index >= 15 is 0 Å². The quantitative estimate of drug-likeness (QED) is 0.886. The number of hydrogen-bond donors (Lipinski definition) is 1. The number of nitrogens with one attached hydrogen (secondary N) is 1. The lowest BCUT2D eigenvalue weighted by molar-refractivity contribution is 0.865. The Morgan fingerprint density at radius 1 is 1.22 bits per heavy atom. The first-order valence-electron chi connectivity index (χ1n) is 6.64. The average molecular weight is 241 g/mol. The highest BCUT2D eigenvalue weighted by molar-refractivity contribution is 5.44. The molecule has 1 N–H and O–H groups in total. The van der Waals surface area contributed by atoms with Crippen LogP contribution in [0.1, 0.15) is 38.2 Å². The van der Waals surface area contributed by atoms with Crippen molar-refractivity contribution >= 4 is 5.95 Å². The largest absolute Gasteiger partial charge is 0.353 e. The number of benzene rings is 1. The van der Waals surface area contributed by atoms with Gasteiger partial charge in [-0.15, -0.1) is 0 Å². The molecule has 0 atom stereocenters. The van der Waals surface area contributed by atoms with Gasteiger partial charge in [-0.25, -0.2) is 4.98 Å². The third-order valence-electron chi connectivity index (χ3n) is 3.39. The SMILES string of the molecule is CC(C)c1ccc(-n2ccnc2NC2CC2)cc1. The summed E-state index contributed by atoms with van der Waals surface area (Å²) in [6.07, 6.45) is 6.38. The van der Waals surface area contributed by atoms with Gasteiger partial charge in [0.1, 0.15) is 0 Å². The van der Waals surface area contributed by atoms with Gasteiger partial charge in [-0.05, 0) is 36.5 Å². The second-order valence-electron chi connectivity index (χ2n) is 5.29. The maximum absolute atomic E-state index is 4.38. The van der Waals surface area contributed by atoms with Crippen LogP contribution in [0.4, 0.5) is 5.95 Å². The van der Waals surface area contributed by atoms with E-state index < -0.39 is 0 Å². The smallest absolute Gasteiger partial charge is 0.207 e. The van der Waals surface area contributed by atoms with Gasteiger partial charge in [0.15, 0.2) is 0 Å². The fourth-order valence-corrected chi connectivity index (χ4v) is 2.05. The molecule has 3 nitrogen and oxygen atoms in total. The molecule has 0 unspecified atom stereocenters. The Morgan fingerprint density at radius 3 is 2.56 bits per heavy atom. The molecular weight excluding hydrogens is 222 g/mol. The zero-order valence-corrected chi connectivity index (χ0v) is 10.9. The predicted octanol–water partition coefficient (Wildman–Crippen LogP) is 3.57. The molecule has 1 aromatic carbocycles. The first kappa shape index (κ1) is 11.3. The summed E-state index contributed by atoms with van der Waals surface area (Å²) in [5.74, 6) is 1.53. The third-order valence-corrected chi connectivity index (χ3v) is 3.39. The fraction of sp³-hybridized carbons (Fsp3) is 0.400. The van der Waals surface area contributed by atoms with Crippen LogP contribution >= 0.6 is 0 Å². The monoisotopic (exact) mass is 241 g/mol. The van der Waals surface area contributed by atoms with Gasteiger partial charge in [-0.2, -0.15) is 0 Å². The first-order chi connectivity index (χ1) is 8.74. The summed E-state index contributed by atoms with van der Waals surface area (Å²) in [6.45, 7) is 4.43. The van der Waals surface area contributed by atoms with Gasteiger partial charge < -0.3 is 5.32 Å². The maximum Gasteiger partial charge on any atom is 0.207 e. The molecule has 3 heteroatoms. The lowest BCUT2D eigenvalue weighted by Gasteiger charge is -2.11. The highest BCUT2D eigenvalue weighted by Crippen LogP contribution is 2.25. The molecule has 3 rings (SSSR count). The second-order valence-corrected chi connectivity index (χ2v) is 5.29. The normalized spacial score (nSPS) is 15.1. The van der Waals surface area contributed by atoms with Crippen LogP contribution in [0.5, 0.6) is 0 Å². The molecule has 1 heterocycles. The van der Waals surface area contributed by atoms with E-state index in [4.69, 9.17) is 0 Å². The van der Waals surface area contributed by atoms with Crippen molar-refractivity contribution in [3.8, 4) is 5.69 Å². The molecule has 0 aliphatic heterocycles. The average Bonchev–Trinajstić information content (AvgIpc) is 3.06. The van der Waals surface area contributed by atoms with E-state index in [-0.39, 0.29) is 0 Å². The molecular formula is C15H19N3. The standard InChI is InChI=1S/C15H19N3/c1-11(2)12-3-7-14(8-4-12)18-10-9-16-15(18)17-13-5-6-13/h3-4,7-11,13H,5-6H2,1-2H3,(H,16,17). The summed E-state index contributed by atoms with van der Waals surface area (Å²) >= 11 is 0. The molecule has 0 amide bonds. The first-order valence-corrected chi connectivity index (χ1v) is 6.64. The van der Waals surface area contributed by atoms with Crippen molar-refractivity contribution in [2.45, 2.75) is 38.6 Å². The number of aromatic nitrogens is 2. The summed E-state index contributed by atoms with van der Waals surface area (Å²) in [4.78, 5) is 4.38. The van der Waals surface area contributed by atoms with Crippen molar-refractivity contribution < 1.29 is 0 Å². The van der Waals surface area contributed by atoms with Crippen LogP contribution in [0.3, 0.4) is 0 Å². The lowest BCUT2D eigenvalue weighted by atomic mass is 10.0. The van der Waals surface area contributed by atoms with Crippen LogP contribution in [0.25, 0.3) is 5.69 Å². The molecule has 0 bridgehead atoms. The Bertz CT molecular complexity index is 521. The number of rotatable bonds is 4. The van der Waals surface area contributed by atoms with Crippen molar-refractivity contribution in [3.05, 3.63) is 42.2 Å². The molecule has 1 aromatic heterocycles. The van der Waals surface area contributed by atoms with E-state index in [1.165, 1.54) is 24.1 Å². The van der Waals surface area contributed by atoms with Gasteiger partial charge >= 0.3 is 0 Å². The van der Waals surface area contributed by atoms with E-state index in [2.05, 4.69) is 53.0 Å². The van der Waals surface area contributed by atoms with Crippen LogP contribution in [-0.2, 0) is 0 Å². The van der Waals surface area contributed by atoms with Crippen LogP contribution < -0.4 is 5.32 Å². The topological polar surface area (TPSA) is 29.9 Å². The lowest BCUT2D eigenvalue weighted by Crippen LogP contribution is -2.07. The minimum Gasteiger partial charge on any atom is -0.353 e. The highest BCUT2D eigenvalue weighted by atomic mass is 15.2. The Labute approximate surface area is 108 Å². The minimum absolute atomic E-state index is 0.575. The van der Waals surface area contributed by atoms with Gasteiger partial charge in [-0.1, -0.05) is 26.0 Å². The number of nitrogens with zero attached hydrogens (tertiary/aromatic N) is 2. The molecule has 0 spiro atoms. The molecule has 18 heavy (non-hydrogen) atoms. The number of anilines is 1. The maximum atomic E-state index is 4.38. The summed E-state index contributed by atoms with van der Waals surface area (Å²) in [6, 6.07) is 9.34. The van der Waals surface area contributed by atoms with Crippen LogP contribution in [0, 0.1) is 0 Å². The summed E-state index contributed by atoms with van der Waals surface area (Å²) < 4.78 is 2.11. The van der Waals surface area contributed by atoms with Crippen molar-refractivity contribution in [2.24, 2.45) is 0 Å². The second kappa shape index (κ2) is 4.48. The van der Waals surface area contributed by atoms with Crippen LogP contribution in [0.2, 0.25) is 0 Å². The molecule has 1 aliphatic carbocycles. The summed E-state index contributed by atoms with van der Waals surface area (Å²) in [5, 5.41) is 3.45. The van der Waals surface area contributed by atoms with E-state index in [1.807, 2.05) is 12.4 Å².